The van der Waals surface area contributed by atoms with E-state index in [2.05, 4.69) is 25.7 Å². The minimum atomic E-state index is -2.74. The number of nitrogens with one attached hydrogen (secondary N) is 3. The van der Waals surface area contributed by atoms with Crippen LogP contribution in [0.5, 0.6) is 0 Å². The molecule has 0 saturated carbocycles. The molecule has 9 nitrogen and oxygen atoms in total. The maximum absolute atomic E-state index is 13.0. The molecule has 11 heteroatoms. The molecule has 2 aromatic carbocycles. The van der Waals surface area contributed by atoms with Gasteiger partial charge >= 0.3 is 0 Å². The van der Waals surface area contributed by atoms with Gasteiger partial charge in [-0.05, 0) is 35.7 Å². The van der Waals surface area contributed by atoms with Crippen molar-refractivity contribution in [2.75, 3.05) is 17.6 Å². The van der Waals surface area contributed by atoms with Crippen LogP contribution in [0, 0.1) is 6.92 Å². The molecule has 0 bridgehead atoms. The molecule has 2 aromatic heterocycles. The number of rotatable bonds is 7. The third-order valence-electron chi connectivity index (χ3n) is 6.19. The topological polar surface area (TPSA) is 117 Å². The highest BCUT2D eigenvalue weighted by Crippen LogP contribution is 2.35. The molecule has 186 valence electrons. The molecule has 2 atom stereocenters. The number of halogens is 2. The number of nitrogens with zero attached hydrogens (tertiary/aromatic N) is 4. The summed E-state index contributed by atoms with van der Waals surface area (Å²) in [7, 11) is 0. The van der Waals surface area contributed by atoms with Gasteiger partial charge in [-0.25, -0.2) is 13.8 Å². The maximum Gasteiger partial charge on any atom is 0.257 e. The third-order valence-corrected chi connectivity index (χ3v) is 6.19. The summed E-state index contributed by atoms with van der Waals surface area (Å²) in [6.07, 6.45) is -0.303. The molecule has 0 unspecified atom stereocenters. The Morgan fingerprint density at radius 1 is 1.31 bits per heavy atom. The fraction of sp³-hybridized carbons (Fsp3) is 0.280. The highest BCUT2D eigenvalue weighted by Gasteiger charge is 2.32. The number of aliphatic hydroxyl groups is 1. The summed E-state index contributed by atoms with van der Waals surface area (Å²) in [6, 6.07) is 10.3. The zero-order valence-corrected chi connectivity index (χ0v) is 19.2. The van der Waals surface area contributed by atoms with E-state index in [1.54, 1.807) is 12.1 Å². The van der Waals surface area contributed by atoms with Crippen LogP contribution in [0.3, 0.4) is 0 Å². The standard InChI is InChI=1S/C25H25F2N7O2/c1-13-7-15-10-30-34(12-21(26)27)19(15)9-18(13)31-25-29-11-17(24(36)28-2)23(33-25)32-22-16-6-4-3-5-14(16)8-20(22)35/h3-7,9-11,20-22,35H,8,12H2,1-2H3,(H,28,36)(H2,29,31,32,33)/t20-,22+/m1/s1/i2D3. The summed E-state index contributed by atoms with van der Waals surface area (Å²) >= 11 is 0. The molecule has 0 radical (unpaired) electrons. The highest BCUT2D eigenvalue weighted by atomic mass is 19.3. The Morgan fingerprint density at radius 2 is 2.14 bits per heavy atom. The number of carbonyl (C=O) groups excluding carboxylic acids is 1. The Labute approximate surface area is 209 Å². The predicted molar refractivity (Wildman–Crippen MR) is 132 cm³/mol. The second kappa shape index (κ2) is 9.50. The largest absolute Gasteiger partial charge is 0.390 e. The number of carbonyl (C=O) groups is 1. The zero-order valence-electron chi connectivity index (χ0n) is 22.2. The van der Waals surface area contributed by atoms with Crippen molar-refractivity contribution in [1.82, 2.24) is 25.1 Å². The van der Waals surface area contributed by atoms with Gasteiger partial charge in [-0.3, -0.25) is 9.48 Å². The van der Waals surface area contributed by atoms with E-state index >= 15 is 0 Å². The number of benzene rings is 2. The van der Waals surface area contributed by atoms with Crippen LogP contribution in [0.25, 0.3) is 10.9 Å². The number of hydrogen-bond acceptors (Lipinski definition) is 7. The van der Waals surface area contributed by atoms with Crippen molar-refractivity contribution in [3.63, 3.8) is 0 Å². The molecule has 2 heterocycles. The van der Waals surface area contributed by atoms with Gasteiger partial charge < -0.3 is 21.1 Å². The van der Waals surface area contributed by atoms with Crippen LogP contribution in [0.15, 0.2) is 48.8 Å². The van der Waals surface area contributed by atoms with Gasteiger partial charge in [0.15, 0.2) is 0 Å². The van der Waals surface area contributed by atoms with Crippen LogP contribution in [0.4, 0.5) is 26.2 Å². The number of amides is 1. The van der Waals surface area contributed by atoms with Gasteiger partial charge in [-0.15, -0.1) is 0 Å². The minimum Gasteiger partial charge on any atom is -0.390 e. The lowest BCUT2D eigenvalue weighted by molar-refractivity contribution is 0.0962. The molecule has 0 spiro atoms. The molecule has 1 aliphatic carbocycles. The second-order valence-electron chi connectivity index (χ2n) is 8.57. The summed E-state index contributed by atoms with van der Waals surface area (Å²) in [4.78, 5) is 21.4. The van der Waals surface area contributed by atoms with E-state index in [0.29, 0.717) is 23.0 Å². The normalized spacial score (nSPS) is 18.4. The number of aromatic nitrogens is 4. The number of hydrogen-bond donors (Lipinski definition) is 4. The number of fused-ring (bicyclic) bond motifs is 2. The number of aryl methyl sites for hydroxylation is 1. The fourth-order valence-electron chi connectivity index (χ4n) is 4.45. The average molecular weight is 497 g/mol. The molecule has 36 heavy (non-hydrogen) atoms. The average Bonchev–Trinajstić information content (AvgIpc) is 3.37. The van der Waals surface area contributed by atoms with Crippen LogP contribution in [0.1, 0.15) is 37.2 Å². The van der Waals surface area contributed by atoms with Crippen molar-refractivity contribution < 1.29 is 22.8 Å². The lowest BCUT2D eigenvalue weighted by Gasteiger charge is -2.21. The van der Waals surface area contributed by atoms with Crippen LogP contribution in [-0.4, -0.2) is 50.3 Å². The maximum atomic E-state index is 13.0. The zero-order chi connectivity index (χ0) is 27.9. The third kappa shape index (κ3) is 4.44. The van der Waals surface area contributed by atoms with Crippen molar-refractivity contribution in [1.29, 1.82) is 0 Å². The predicted octanol–water partition coefficient (Wildman–Crippen LogP) is 3.57. The van der Waals surface area contributed by atoms with Gasteiger partial charge in [0.1, 0.15) is 17.9 Å². The van der Waals surface area contributed by atoms with E-state index in [-0.39, 0.29) is 17.3 Å². The van der Waals surface area contributed by atoms with Crippen LogP contribution in [0.2, 0.25) is 0 Å². The van der Waals surface area contributed by atoms with Gasteiger partial charge in [0.2, 0.25) is 5.95 Å². The Hall–Kier alpha value is -4.12. The summed E-state index contributed by atoms with van der Waals surface area (Å²) in [5.41, 5.74) is 3.41. The lowest BCUT2D eigenvalue weighted by atomic mass is 10.1. The van der Waals surface area contributed by atoms with Gasteiger partial charge in [-0.1, -0.05) is 24.3 Å². The van der Waals surface area contributed by atoms with Crippen LogP contribution >= 0.6 is 0 Å². The molecule has 4 aromatic rings. The molecular formula is C25H25F2N7O2. The minimum absolute atomic E-state index is 0.0106. The smallest absolute Gasteiger partial charge is 0.257 e. The van der Waals surface area contributed by atoms with Gasteiger partial charge in [0.25, 0.3) is 12.3 Å². The van der Waals surface area contributed by atoms with Crippen molar-refractivity contribution in [3.05, 3.63) is 71.0 Å². The van der Waals surface area contributed by atoms with Gasteiger partial charge in [0.05, 0.1) is 23.9 Å². The number of alkyl halides is 2. The first kappa shape index (κ1) is 20.1. The van der Waals surface area contributed by atoms with Crippen molar-refractivity contribution in [3.8, 4) is 0 Å². The Kier molecular flexibility index (Phi) is 5.31. The highest BCUT2D eigenvalue weighted by molar-refractivity contribution is 5.98. The van der Waals surface area contributed by atoms with E-state index < -0.39 is 38.0 Å². The Bertz CT molecular complexity index is 1540. The SMILES string of the molecule is [2H]C([2H])([2H])NC(=O)c1cnc(Nc2cc3c(cnn3CC(F)F)cc2C)nc1N[C@H]1c2ccccc2C[C@H]1O. The van der Waals surface area contributed by atoms with E-state index in [0.717, 1.165) is 16.7 Å². The summed E-state index contributed by atoms with van der Waals surface area (Å²) < 4.78 is 49.4. The van der Waals surface area contributed by atoms with Crippen molar-refractivity contribution >= 4 is 34.3 Å². The molecule has 1 amide bonds. The summed E-state index contributed by atoms with van der Waals surface area (Å²) in [5.74, 6) is -0.846. The van der Waals surface area contributed by atoms with Gasteiger partial charge in [-0.2, -0.15) is 10.1 Å². The molecule has 4 N–H and O–H groups in total. The first-order chi connectivity index (χ1) is 18.5. The monoisotopic (exact) mass is 496 g/mol. The number of anilines is 3. The molecule has 0 saturated heterocycles. The lowest BCUT2D eigenvalue weighted by Crippen LogP contribution is -2.26. The number of aliphatic hydroxyl groups excluding tert-OH is 1. The van der Waals surface area contributed by atoms with E-state index in [9.17, 15) is 18.7 Å². The van der Waals surface area contributed by atoms with Gasteiger partial charge in [0, 0.05) is 34.8 Å². The molecular weight excluding hydrogens is 468 g/mol. The Morgan fingerprint density at radius 3 is 2.94 bits per heavy atom. The molecule has 0 fully saturated rings. The Balaban J connectivity index is 1.51. The summed E-state index contributed by atoms with van der Waals surface area (Å²) in [6.45, 7) is -1.48. The summed E-state index contributed by atoms with van der Waals surface area (Å²) in [5, 5.41) is 23.5. The molecule has 1 aliphatic rings. The quantitative estimate of drug-likeness (QED) is 0.309. The molecule has 5 rings (SSSR count). The van der Waals surface area contributed by atoms with Crippen molar-refractivity contribution in [2.45, 2.75) is 38.5 Å². The first-order valence-corrected chi connectivity index (χ1v) is 11.2. The van der Waals surface area contributed by atoms with E-state index in [4.69, 9.17) is 4.11 Å². The van der Waals surface area contributed by atoms with Crippen LogP contribution in [-0.2, 0) is 13.0 Å². The fourth-order valence-corrected chi connectivity index (χ4v) is 4.45. The second-order valence-corrected chi connectivity index (χ2v) is 8.57. The van der Waals surface area contributed by atoms with Crippen molar-refractivity contribution in [2.24, 2.45) is 0 Å². The van der Waals surface area contributed by atoms with Crippen LogP contribution < -0.4 is 16.0 Å². The molecule has 0 aliphatic heterocycles. The van der Waals surface area contributed by atoms with E-state index in [1.165, 1.54) is 17.1 Å². The van der Waals surface area contributed by atoms with E-state index in [1.807, 2.05) is 36.5 Å². The first-order valence-electron chi connectivity index (χ1n) is 12.7.